The number of carboxylic acids is 1. The van der Waals surface area contributed by atoms with Crippen molar-refractivity contribution in [2.45, 2.75) is 72.3 Å². The van der Waals surface area contributed by atoms with Crippen LogP contribution >= 0.6 is 0 Å². The van der Waals surface area contributed by atoms with E-state index in [-0.39, 0.29) is 34.7 Å². The van der Waals surface area contributed by atoms with Crippen LogP contribution in [-0.4, -0.2) is 23.1 Å². The Hall–Kier alpha value is -1.58. The molecule has 0 bridgehead atoms. The van der Waals surface area contributed by atoms with Crippen LogP contribution in [0.4, 0.5) is 0 Å². The zero-order valence-corrected chi connectivity index (χ0v) is 16.5. The highest BCUT2D eigenvalue weighted by Crippen LogP contribution is 2.64. The lowest BCUT2D eigenvalue weighted by molar-refractivity contribution is -0.167. The van der Waals surface area contributed by atoms with Gasteiger partial charge in [0.25, 0.3) is 0 Å². The SMILES string of the molecule is C=C[C@]1(C)CC2=CC[C@@H]3[C@@](C)(CCC[C@@]3(C)C(=O)O)[C@H]2C[C@H]1OC(C)=O. The van der Waals surface area contributed by atoms with Gasteiger partial charge in [-0.3, -0.25) is 9.59 Å². The molecule has 0 aromatic rings. The van der Waals surface area contributed by atoms with Crippen molar-refractivity contribution in [1.29, 1.82) is 0 Å². The summed E-state index contributed by atoms with van der Waals surface area (Å²) in [6.45, 7) is 11.8. The Morgan fingerprint density at radius 3 is 2.58 bits per heavy atom. The largest absolute Gasteiger partial charge is 0.481 e. The van der Waals surface area contributed by atoms with Gasteiger partial charge in [0.15, 0.2) is 0 Å². The molecule has 0 aliphatic heterocycles. The fourth-order valence-electron chi connectivity index (χ4n) is 6.19. The molecule has 26 heavy (non-hydrogen) atoms. The molecule has 0 spiro atoms. The maximum atomic E-state index is 12.1. The third kappa shape index (κ3) is 2.73. The maximum absolute atomic E-state index is 12.1. The first-order valence-corrected chi connectivity index (χ1v) is 9.80. The summed E-state index contributed by atoms with van der Waals surface area (Å²) in [5.41, 5.74) is 0.410. The van der Waals surface area contributed by atoms with Gasteiger partial charge >= 0.3 is 11.9 Å². The molecule has 3 rings (SSSR count). The monoisotopic (exact) mass is 360 g/mol. The fraction of sp³-hybridized carbons (Fsp3) is 0.727. The van der Waals surface area contributed by atoms with E-state index in [1.165, 1.54) is 12.5 Å². The van der Waals surface area contributed by atoms with Crippen molar-refractivity contribution in [2.24, 2.45) is 28.1 Å². The summed E-state index contributed by atoms with van der Waals surface area (Å²) < 4.78 is 5.72. The standard InChI is InChI=1S/C22H32O4/c1-6-20(3)13-15-8-9-17-21(4,10-7-11-22(17,5)19(24)25)16(15)12-18(20)26-14(2)23/h6,8,16-18H,1,7,9-13H2,2-5H3,(H,24,25)/t16-,17+,18+,20+,21-,22+/m0/s1. The van der Waals surface area contributed by atoms with Crippen molar-refractivity contribution in [3.8, 4) is 0 Å². The molecule has 2 saturated carbocycles. The van der Waals surface area contributed by atoms with E-state index >= 15 is 0 Å². The first kappa shape index (κ1) is 19.2. The van der Waals surface area contributed by atoms with Crippen LogP contribution in [0.25, 0.3) is 0 Å². The Labute approximate surface area is 156 Å². The summed E-state index contributed by atoms with van der Waals surface area (Å²) in [4.78, 5) is 23.8. The molecular weight excluding hydrogens is 328 g/mol. The van der Waals surface area contributed by atoms with E-state index in [0.29, 0.717) is 0 Å². The average molecular weight is 360 g/mol. The van der Waals surface area contributed by atoms with E-state index in [4.69, 9.17) is 4.74 Å². The van der Waals surface area contributed by atoms with E-state index in [9.17, 15) is 14.7 Å². The van der Waals surface area contributed by atoms with Crippen LogP contribution in [-0.2, 0) is 14.3 Å². The van der Waals surface area contributed by atoms with E-state index in [2.05, 4.69) is 26.5 Å². The molecule has 3 aliphatic rings. The summed E-state index contributed by atoms with van der Waals surface area (Å²) in [7, 11) is 0. The van der Waals surface area contributed by atoms with Gasteiger partial charge in [0.2, 0.25) is 0 Å². The van der Waals surface area contributed by atoms with E-state index in [0.717, 1.165) is 38.5 Å². The van der Waals surface area contributed by atoms with Crippen molar-refractivity contribution in [3.05, 3.63) is 24.3 Å². The van der Waals surface area contributed by atoms with Crippen LogP contribution in [0.2, 0.25) is 0 Å². The molecule has 6 atom stereocenters. The number of carboxylic acid groups (broad SMARTS) is 1. The Balaban J connectivity index is 2.01. The minimum Gasteiger partial charge on any atom is -0.481 e. The van der Waals surface area contributed by atoms with Gasteiger partial charge in [0.05, 0.1) is 5.41 Å². The minimum absolute atomic E-state index is 0.0592. The topological polar surface area (TPSA) is 63.6 Å². The number of hydrogen-bond donors (Lipinski definition) is 1. The molecular formula is C22H32O4. The van der Waals surface area contributed by atoms with Crippen LogP contribution < -0.4 is 0 Å². The van der Waals surface area contributed by atoms with Gasteiger partial charge in [-0.15, -0.1) is 6.58 Å². The zero-order chi connectivity index (χ0) is 19.3. The molecule has 0 heterocycles. The summed E-state index contributed by atoms with van der Waals surface area (Å²) in [5.74, 6) is -0.528. The van der Waals surface area contributed by atoms with Crippen LogP contribution in [0.5, 0.6) is 0 Å². The summed E-state index contributed by atoms with van der Waals surface area (Å²) >= 11 is 0. The van der Waals surface area contributed by atoms with Gasteiger partial charge in [-0.05, 0) is 56.3 Å². The summed E-state index contributed by atoms with van der Waals surface area (Å²) in [6, 6.07) is 0. The van der Waals surface area contributed by atoms with Crippen LogP contribution in [0.3, 0.4) is 0 Å². The van der Waals surface area contributed by atoms with E-state index in [1.54, 1.807) is 0 Å². The molecule has 0 aromatic carbocycles. The number of aliphatic carboxylic acids is 1. The first-order valence-electron chi connectivity index (χ1n) is 9.80. The van der Waals surface area contributed by atoms with Gasteiger partial charge in [-0.1, -0.05) is 38.0 Å². The Kier molecular flexibility index (Phi) is 4.61. The van der Waals surface area contributed by atoms with Gasteiger partial charge in [-0.25, -0.2) is 0 Å². The number of rotatable bonds is 3. The van der Waals surface area contributed by atoms with Crippen molar-refractivity contribution in [1.82, 2.24) is 0 Å². The second-order valence-electron chi connectivity index (χ2n) is 9.42. The zero-order valence-electron chi connectivity index (χ0n) is 16.5. The van der Waals surface area contributed by atoms with Gasteiger partial charge in [-0.2, -0.15) is 0 Å². The Morgan fingerprint density at radius 1 is 1.31 bits per heavy atom. The lowest BCUT2D eigenvalue weighted by Crippen LogP contribution is -2.55. The van der Waals surface area contributed by atoms with Crippen LogP contribution in [0.1, 0.15) is 66.2 Å². The van der Waals surface area contributed by atoms with Gasteiger partial charge < -0.3 is 9.84 Å². The number of carbonyl (C=O) groups excluding carboxylic acids is 1. The molecule has 144 valence electrons. The number of allylic oxidation sites excluding steroid dienone is 2. The quantitative estimate of drug-likeness (QED) is 0.583. The molecule has 0 aromatic heterocycles. The maximum Gasteiger partial charge on any atom is 0.309 e. The lowest BCUT2D eigenvalue weighted by Gasteiger charge is -2.59. The van der Waals surface area contributed by atoms with E-state index < -0.39 is 11.4 Å². The van der Waals surface area contributed by atoms with Crippen molar-refractivity contribution in [3.63, 3.8) is 0 Å². The fourth-order valence-corrected chi connectivity index (χ4v) is 6.19. The van der Waals surface area contributed by atoms with Crippen molar-refractivity contribution in [2.75, 3.05) is 0 Å². The Bertz CT molecular complexity index is 665. The number of fused-ring (bicyclic) bond motifs is 3. The van der Waals surface area contributed by atoms with Crippen molar-refractivity contribution >= 4 is 11.9 Å². The average Bonchev–Trinajstić information content (AvgIpc) is 2.55. The highest BCUT2D eigenvalue weighted by Gasteiger charge is 2.59. The summed E-state index contributed by atoms with van der Waals surface area (Å²) in [6.07, 6.45) is 9.17. The molecule has 0 unspecified atom stereocenters. The molecule has 0 radical (unpaired) electrons. The van der Waals surface area contributed by atoms with E-state index in [1.807, 2.05) is 13.0 Å². The molecule has 4 heteroatoms. The molecule has 0 amide bonds. The highest BCUT2D eigenvalue weighted by atomic mass is 16.5. The first-order chi connectivity index (χ1) is 12.1. The van der Waals surface area contributed by atoms with Gasteiger partial charge in [0.1, 0.15) is 6.10 Å². The number of esters is 1. The normalized spacial score (nSPS) is 44.9. The third-order valence-electron chi connectivity index (χ3n) is 7.87. The smallest absolute Gasteiger partial charge is 0.309 e. The minimum atomic E-state index is -0.675. The van der Waals surface area contributed by atoms with Crippen LogP contribution in [0, 0.1) is 28.1 Å². The third-order valence-corrected chi connectivity index (χ3v) is 7.87. The molecule has 0 saturated heterocycles. The second-order valence-corrected chi connectivity index (χ2v) is 9.42. The predicted octanol–water partition coefficient (Wildman–Crippen LogP) is 4.75. The Morgan fingerprint density at radius 2 is 2.00 bits per heavy atom. The predicted molar refractivity (Wildman–Crippen MR) is 100 cm³/mol. The van der Waals surface area contributed by atoms with Crippen LogP contribution in [0.15, 0.2) is 24.3 Å². The number of ether oxygens (including phenoxy) is 1. The van der Waals surface area contributed by atoms with Crippen molar-refractivity contribution < 1.29 is 19.4 Å². The number of carbonyl (C=O) groups is 2. The second kappa shape index (κ2) is 6.24. The summed E-state index contributed by atoms with van der Waals surface area (Å²) in [5, 5.41) is 9.94. The lowest BCUT2D eigenvalue weighted by atomic mass is 9.45. The number of hydrogen-bond acceptors (Lipinski definition) is 3. The molecule has 1 N–H and O–H groups in total. The highest BCUT2D eigenvalue weighted by molar-refractivity contribution is 5.75. The van der Waals surface area contributed by atoms with Gasteiger partial charge in [0, 0.05) is 12.3 Å². The molecule has 2 fully saturated rings. The molecule has 4 nitrogen and oxygen atoms in total. The molecule has 3 aliphatic carbocycles.